The van der Waals surface area contributed by atoms with Crippen LogP contribution in [0.3, 0.4) is 0 Å². The van der Waals surface area contributed by atoms with E-state index in [1.807, 2.05) is 42.5 Å². The number of anilines is 2. The van der Waals surface area contributed by atoms with Crippen LogP contribution >= 0.6 is 0 Å². The maximum absolute atomic E-state index is 5.86. The average molecular weight is 350 g/mol. The second kappa shape index (κ2) is 7.74. The van der Waals surface area contributed by atoms with Crippen LogP contribution in [0, 0.1) is 0 Å². The van der Waals surface area contributed by atoms with Crippen LogP contribution in [0.2, 0.25) is 0 Å². The smallest absolute Gasteiger partial charge is 0.161 e. The topological polar surface area (TPSA) is 82.3 Å². The zero-order valence-electron chi connectivity index (χ0n) is 15.1. The highest BCUT2D eigenvalue weighted by Crippen LogP contribution is 2.31. The Hall–Kier alpha value is -3.28. The summed E-state index contributed by atoms with van der Waals surface area (Å²) < 4.78 is 10.6. The lowest BCUT2D eigenvalue weighted by atomic mass is 10.1. The van der Waals surface area contributed by atoms with Gasteiger partial charge in [0, 0.05) is 11.3 Å². The Morgan fingerprint density at radius 3 is 2.54 bits per heavy atom. The normalized spacial score (nSPS) is 11.7. The molecule has 1 aromatic heterocycles. The molecule has 0 radical (unpaired) electrons. The van der Waals surface area contributed by atoms with Crippen molar-refractivity contribution in [2.24, 2.45) is 0 Å². The molecule has 6 heteroatoms. The van der Waals surface area contributed by atoms with Gasteiger partial charge in [0.2, 0.25) is 0 Å². The Bertz CT molecular complexity index is 898. The van der Waals surface area contributed by atoms with Crippen molar-refractivity contribution in [3.05, 3.63) is 60.4 Å². The van der Waals surface area contributed by atoms with Crippen LogP contribution in [-0.2, 0) is 0 Å². The molecule has 0 bridgehead atoms. The maximum Gasteiger partial charge on any atom is 0.161 e. The number of ether oxygens (including phenoxy) is 2. The molecule has 2 aromatic carbocycles. The molecule has 6 nitrogen and oxygen atoms in total. The van der Waals surface area contributed by atoms with Crippen molar-refractivity contribution < 1.29 is 9.47 Å². The number of rotatable bonds is 6. The van der Waals surface area contributed by atoms with Gasteiger partial charge in [-0.3, -0.25) is 4.98 Å². The highest BCUT2D eigenvalue weighted by Gasteiger charge is 2.10. The summed E-state index contributed by atoms with van der Waals surface area (Å²) in [5.41, 5.74) is 9.33. The minimum atomic E-state index is 0.0495. The third-order valence-corrected chi connectivity index (χ3v) is 4.09. The van der Waals surface area contributed by atoms with Crippen molar-refractivity contribution in [2.45, 2.75) is 13.0 Å². The number of benzene rings is 2. The molecule has 0 unspecified atom stereocenters. The molecule has 0 amide bonds. The van der Waals surface area contributed by atoms with Gasteiger partial charge in [-0.15, -0.1) is 0 Å². The number of hydrogen-bond acceptors (Lipinski definition) is 6. The first-order chi connectivity index (χ1) is 12.6. The SMILES string of the molecule is COc1ccc(-c2cncc(N[C@@H](C)c3cccc(N)c3)n2)cc1OC. The van der Waals surface area contributed by atoms with Gasteiger partial charge in [0.05, 0.1) is 38.3 Å². The van der Waals surface area contributed by atoms with Crippen LogP contribution in [-0.4, -0.2) is 24.2 Å². The van der Waals surface area contributed by atoms with Crippen molar-refractivity contribution >= 4 is 11.5 Å². The first-order valence-electron chi connectivity index (χ1n) is 8.27. The Morgan fingerprint density at radius 1 is 1.00 bits per heavy atom. The van der Waals surface area contributed by atoms with Gasteiger partial charge in [-0.25, -0.2) is 4.98 Å². The first kappa shape index (κ1) is 17.5. The monoisotopic (exact) mass is 350 g/mol. The summed E-state index contributed by atoms with van der Waals surface area (Å²) in [6.07, 6.45) is 3.42. The van der Waals surface area contributed by atoms with E-state index in [0.717, 1.165) is 22.5 Å². The molecule has 3 rings (SSSR count). The molecule has 0 fully saturated rings. The summed E-state index contributed by atoms with van der Waals surface area (Å²) in [6, 6.07) is 13.5. The molecule has 3 N–H and O–H groups in total. The lowest BCUT2D eigenvalue weighted by Gasteiger charge is -2.16. The highest BCUT2D eigenvalue weighted by molar-refractivity contribution is 5.64. The van der Waals surface area contributed by atoms with E-state index in [0.29, 0.717) is 17.3 Å². The fourth-order valence-electron chi connectivity index (χ4n) is 2.70. The van der Waals surface area contributed by atoms with E-state index in [1.165, 1.54) is 0 Å². The Labute approximate surface area is 153 Å². The van der Waals surface area contributed by atoms with E-state index in [-0.39, 0.29) is 6.04 Å². The Morgan fingerprint density at radius 2 is 1.81 bits per heavy atom. The van der Waals surface area contributed by atoms with Gasteiger partial charge >= 0.3 is 0 Å². The molecule has 0 aliphatic rings. The van der Waals surface area contributed by atoms with E-state index in [9.17, 15) is 0 Å². The molecule has 0 aliphatic heterocycles. The van der Waals surface area contributed by atoms with Crippen LogP contribution in [0.25, 0.3) is 11.3 Å². The van der Waals surface area contributed by atoms with Gasteiger partial charge in [-0.05, 0) is 42.8 Å². The molecule has 0 aliphatic carbocycles. The summed E-state index contributed by atoms with van der Waals surface area (Å²) >= 11 is 0. The van der Waals surface area contributed by atoms with Crippen LogP contribution in [0.4, 0.5) is 11.5 Å². The summed E-state index contributed by atoms with van der Waals surface area (Å²) in [5, 5.41) is 3.36. The first-order valence-corrected chi connectivity index (χ1v) is 8.27. The third kappa shape index (κ3) is 3.85. The van der Waals surface area contributed by atoms with Crippen LogP contribution in [0.5, 0.6) is 11.5 Å². The van der Waals surface area contributed by atoms with Crippen LogP contribution in [0.1, 0.15) is 18.5 Å². The van der Waals surface area contributed by atoms with Gasteiger partial charge in [0.1, 0.15) is 5.82 Å². The van der Waals surface area contributed by atoms with Gasteiger partial charge in [0.25, 0.3) is 0 Å². The van der Waals surface area contributed by atoms with Crippen LogP contribution in [0.15, 0.2) is 54.9 Å². The summed E-state index contributed by atoms with van der Waals surface area (Å²) in [6.45, 7) is 2.06. The zero-order valence-corrected chi connectivity index (χ0v) is 15.1. The Balaban J connectivity index is 1.84. The lowest BCUT2D eigenvalue weighted by molar-refractivity contribution is 0.355. The van der Waals surface area contributed by atoms with Crippen molar-refractivity contribution in [2.75, 3.05) is 25.3 Å². The fraction of sp³-hybridized carbons (Fsp3) is 0.200. The molecular formula is C20H22N4O2. The zero-order chi connectivity index (χ0) is 18.5. The highest BCUT2D eigenvalue weighted by atomic mass is 16.5. The molecule has 1 heterocycles. The van der Waals surface area contributed by atoms with Gasteiger partial charge < -0.3 is 20.5 Å². The molecule has 0 saturated carbocycles. The number of aromatic nitrogens is 2. The van der Waals surface area contributed by atoms with Gasteiger partial charge in [-0.2, -0.15) is 0 Å². The Kier molecular flexibility index (Phi) is 5.22. The number of nitrogens with two attached hydrogens (primary N) is 1. The molecule has 134 valence electrons. The second-order valence-corrected chi connectivity index (χ2v) is 5.90. The van der Waals surface area contributed by atoms with E-state index in [1.54, 1.807) is 26.6 Å². The number of nitrogens with zero attached hydrogens (tertiary/aromatic N) is 2. The predicted molar refractivity (Wildman–Crippen MR) is 103 cm³/mol. The summed E-state index contributed by atoms with van der Waals surface area (Å²) in [7, 11) is 3.22. The largest absolute Gasteiger partial charge is 0.493 e. The minimum Gasteiger partial charge on any atom is -0.493 e. The molecular weight excluding hydrogens is 328 g/mol. The van der Waals surface area contributed by atoms with E-state index in [4.69, 9.17) is 15.2 Å². The van der Waals surface area contributed by atoms with E-state index in [2.05, 4.69) is 22.2 Å². The number of methoxy groups -OCH3 is 2. The van der Waals surface area contributed by atoms with Crippen molar-refractivity contribution in [3.8, 4) is 22.8 Å². The average Bonchev–Trinajstić information content (AvgIpc) is 2.67. The number of hydrogen-bond donors (Lipinski definition) is 2. The maximum atomic E-state index is 5.86. The standard InChI is InChI=1S/C20H22N4O2/c1-13(14-5-4-6-16(21)9-14)23-20-12-22-11-17(24-20)15-7-8-18(25-2)19(10-15)26-3/h4-13H,21H2,1-3H3,(H,23,24)/t13-/m0/s1. The lowest BCUT2D eigenvalue weighted by Crippen LogP contribution is -2.09. The van der Waals surface area contributed by atoms with Gasteiger partial charge in [-0.1, -0.05) is 12.1 Å². The van der Waals surface area contributed by atoms with Crippen LogP contribution < -0.4 is 20.5 Å². The van der Waals surface area contributed by atoms with E-state index >= 15 is 0 Å². The number of nitrogen functional groups attached to an aromatic ring is 1. The quantitative estimate of drug-likeness (QED) is 0.656. The fourth-order valence-corrected chi connectivity index (χ4v) is 2.70. The third-order valence-electron chi connectivity index (χ3n) is 4.09. The molecule has 1 atom stereocenters. The molecule has 0 saturated heterocycles. The molecule has 3 aromatic rings. The van der Waals surface area contributed by atoms with Crippen molar-refractivity contribution in [3.63, 3.8) is 0 Å². The summed E-state index contributed by atoms with van der Waals surface area (Å²) in [4.78, 5) is 8.96. The summed E-state index contributed by atoms with van der Waals surface area (Å²) in [5.74, 6) is 2.01. The molecule has 26 heavy (non-hydrogen) atoms. The number of nitrogens with one attached hydrogen (secondary N) is 1. The second-order valence-electron chi connectivity index (χ2n) is 5.90. The molecule has 0 spiro atoms. The van der Waals surface area contributed by atoms with E-state index < -0.39 is 0 Å². The van der Waals surface area contributed by atoms with Crippen molar-refractivity contribution in [1.29, 1.82) is 0 Å². The van der Waals surface area contributed by atoms with Crippen molar-refractivity contribution in [1.82, 2.24) is 9.97 Å². The minimum absolute atomic E-state index is 0.0495. The predicted octanol–water partition coefficient (Wildman–Crippen LogP) is 3.92. The van der Waals surface area contributed by atoms with Gasteiger partial charge in [0.15, 0.2) is 11.5 Å².